The van der Waals surface area contributed by atoms with Gasteiger partial charge in [0, 0.05) is 6.07 Å². The van der Waals surface area contributed by atoms with Crippen LogP contribution < -0.4 is 19.5 Å². The van der Waals surface area contributed by atoms with Gasteiger partial charge >= 0.3 is 0 Å². The molecule has 0 atom stereocenters. The van der Waals surface area contributed by atoms with Crippen LogP contribution in [0.15, 0.2) is 42.5 Å². The predicted octanol–water partition coefficient (Wildman–Crippen LogP) is 3.46. The summed E-state index contributed by atoms with van der Waals surface area (Å²) in [6, 6.07) is 13.3. The molecule has 0 spiro atoms. The molecule has 0 saturated carbocycles. The molecular formula is C15H17NO3. The first-order chi connectivity index (χ1) is 9.28. The molecule has 2 aromatic rings. The summed E-state index contributed by atoms with van der Waals surface area (Å²) in [7, 11) is 4.90. The number of ether oxygens (including phenoxy) is 3. The Morgan fingerprint density at radius 2 is 1.42 bits per heavy atom. The molecule has 4 nitrogen and oxygen atoms in total. The zero-order valence-corrected chi connectivity index (χ0v) is 11.3. The fourth-order valence-electron chi connectivity index (χ4n) is 1.79. The van der Waals surface area contributed by atoms with Gasteiger partial charge in [-0.05, 0) is 24.3 Å². The van der Waals surface area contributed by atoms with Crippen molar-refractivity contribution < 1.29 is 14.2 Å². The minimum atomic E-state index is 0.713. The number of benzene rings is 2. The highest BCUT2D eigenvalue weighted by Gasteiger charge is 2.07. The normalized spacial score (nSPS) is 9.84. The Bertz CT molecular complexity index is 555. The molecule has 4 heteroatoms. The molecular weight excluding hydrogens is 242 g/mol. The predicted molar refractivity (Wildman–Crippen MR) is 75.8 cm³/mol. The summed E-state index contributed by atoms with van der Waals surface area (Å²) < 4.78 is 15.8. The first-order valence-corrected chi connectivity index (χ1v) is 5.90. The molecule has 0 aromatic heterocycles. The summed E-state index contributed by atoms with van der Waals surface area (Å²) in [5.41, 5.74) is 1.74. The third kappa shape index (κ3) is 2.91. The molecule has 2 aromatic carbocycles. The van der Waals surface area contributed by atoms with E-state index in [2.05, 4.69) is 5.32 Å². The molecule has 0 saturated heterocycles. The van der Waals surface area contributed by atoms with Gasteiger partial charge in [0.15, 0.2) is 0 Å². The Balaban J connectivity index is 2.32. The maximum absolute atomic E-state index is 5.35. The van der Waals surface area contributed by atoms with E-state index in [4.69, 9.17) is 14.2 Å². The van der Waals surface area contributed by atoms with E-state index in [9.17, 15) is 0 Å². The average Bonchev–Trinajstić information content (AvgIpc) is 2.48. The van der Waals surface area contributed by atoms with E-state index < -0.39 is 0 Å². The summed E-state index contributed by atoms with van der Waals surface area (Å²) in [6.45, 7) is 0. The molecule has 0 heterocycles. The molecule has 0 aliphatic rings. The van der Waals surface area contributed by atoms with Crippen LogP contribution in [0.25, 0.3) is 0 Å². The van der Waals surface area contributed by atoms with Crippen LogP contribution in [0, 0.1) is 0 Å². The van der Waals surface area contributed by atoms with Crippen molar-refractivity contribution in [3.63, 3.8) is 0 Å². The lowest BCUT2D eigenvalue weighted by atomic mass is 10.2. The van der Waals surface area contributed by atoms with E-state index in [-0.39, 0.29) is 0 Å². The summed E-state index contributed by atoms with van der Waals surface area (Å²) in [6.07, 6.45) is 0. The number of rotatable bonds is 5. The molecule has 0 fully saturated rings. The number of nitrogens with one attached hydrogen (secondary N) is 1. The minimum absolute atomic E-state index is 0.713. The van der Waals surface area contributed by atoms with E-state index in [1.165, 1.54) is 0 Å². The molecule has 0 aliphatic heterocycles. The number of para-hydroxylation sites is 2. The van der Waals surface area contributed by atoms with Crippen molar-refractivity contribution in [3.05, 3.63) is 42.5 Å². The fourth-order valence-corrected chi connectivity index (χ4v) is 1.79. The second-order valence-electron chi connectivity index (χ2n) is 3.89. The van der Waals surface area contributed by atoms with Crippen molar-refractivity contribution in [2.24, 2.45) is 0 Å². The van der Waals surface area contributed by atoms with Gasteiger partial charge in [-0.15, -0.1) is 0 Å². The van der Waals surface area contributed by atoms with E-state index in [1.807, 2.05) is 42.5 Å². The van der Waals surface area contributed by atoms with Gasteiger partial charge in [-0.2, -0.15) is 0 Å². The molecule has 0 radical (unpaired) electrons. The lowest BCUT2D eigenvalue weighted by molar-refractivity contribution is 0.395. The van der Waals surface area contributed by atoms with Crippen LogP contribution >= 0.6 is 0 Å². The monoisotopic (exact) mass is 259 g/mol. The highest BCUT2D eigenvalue weighted by molar-refractivity contribution is 5.71. The molecule has 2 rings (SSSR count). The van der Waals surface area contributed by atoms with Crippen LogP contribution in [-0.4, -0.2) is 21.3 Å². The first kappa shape index (κ1) is 13.1. The smallest absolute Gasteiger partial charge is 0.145 e. The van der Waals surface area contributed by atoms with Gasteiger partial charge in [0.05, 0.1) is 32.7 Å². The second kappa shape index (κ2) is 6.00. The zero-order chi connectivity index (χ0) is 13.7. The summed E-state index contributed by atoms with van der Waals surface area (Å²) in [4.78, 5) is 0. The molecule has 0 bridgehead atoms. The number of anilines is 2. The van der Waals surface area contributed by atoms with Crippen LogP contribution in [0.2, 0.25) is 0 Å². The van der Waals surface area contributed by atoms with Gasteiger partial charge < -0.3 is 19.5 Å². The highest BCUT2D eigenvalue weighted by Crippen LogP contribution is 2.34. The Kier molecular flexibility index (Phi) is 4.13. The average molecular weight is 259 g/mol. The molecule has 19 heavy (non-hydrogen) atoms. The van der Waals surface area contributed by atoms with Gasteiger partial charge in [-0.25, -0.2) is 0 Å². The van der Waals surface area contributed by atoms with Crippen molar-refractivity contribution >= 4 is 11.4 Å². The highest BCUT2D eigenvalue weighted by atomic mass is 16.5. The van der Waals surface area contributed by atoms with Crippen molar-refractivity contribution in [2.75, 3.05) is 26.6 Å². The van der Waals surface area contributed by atoms with E-state index >= 15 is 0 Å². The second-order valence-corrected chi connectivity index (χ2v) is 3.89. The van der Waals surface area contributed by atoms with Gasteiger partial charge in [0.25, 0.3) is 0 Å². The molecule has 0 aliphatic carbocycles. The van der Waals surface area contributed by atoms with Crippen molar-refractivity contribution in [1.29, 1.82) is 0 Å². The van der Waals surface area contributed by atoms with E-state index in [0.717, 1.165) is 22.9 Å². The Hall–Kier alpha value is -2.36. The van der Waals surface area contributed by atoms with E-state index in [1.54, 1.807) is 21.3 Å². The third-order valence-corrected chi connectivity index (χ3v) is 2.79. The van der Waals surface area contributed by atoms with Crippen LogP contribution in [0.5, 0.6) is 17.2 Å². The maximum atomic E-state index is 5.35. The van der Waals surface area contributed by atoms with Crippen LogP contribution in [0.3, 0.4) is 0 Å². The van der Waals surface area contributed by atoms with Crippen LogP contribution in [0.4, 0.5) is 11.4 Å². The van der Waals surface area contributed by atoms with E-state index in [0.29, 0.717) is 5.75 Å². The molecule has 1 N–H and O–H groups in total. The number of hydrogen-bond acceptors (Lipinski definition) is 4. The summed E-state index contributed by atoms with van der Waals surface area (Å²) in [5.74, 6) is 2.24. The van der Waals surface area contributed by atoms with Crippen molar-refractivity contribution in [3.8, 4) is 17.2 Å². The molecule has 100 valence electrons. The largest absolute Gasteiger partial charge is 0.497 e. The van der Waals surface area contributed by atoms with Crippen molar-refractivity contribution in [1.82, 2.24) is 0 Å². The summed E-state index contributed by atoms with van der Waals surface area (Å²) >= 11 is 0. The lowest BCUT2D eigenvalue weighted by Crippen LogP contribution is -1.97. The molecule has 0 unspecified atom stereocenters. The minimum Gasteiger partial charge on any atom is -0.497 e. The van der Waals surface area contributed by atoms with Crippen LogP contribution in [-0.2, 0) is 0 Å². The van der Waals surface area contributed by atoms with Gasteiger partial charge in [0.1, 0.15) is 17.2 Å². The Labute approximate surface area is 112 Å². The van der Waals surface area contributed by atoms with Gasteiger partial charge in [0.2, 0.25) is 0 Å². The van der Waals surface area contributed by atoms with Crippen LogP contribution in [0.1, 0.15) is 0 Å². The first-order valence-electron chi connectivity index (χ1n) is 5.90. The third-order valence-electron chi connectivity index (χ3n) is 2.79. The van der Waals surface area contributed by atoms with Gasteiger partial charge in [-0.1, -0.05) is 12.1 Å². The molecule has 0 amide bonds. The van der Waals surface area contributed by atoms with Crippen molar-refractivity contribution in [2.45, 2.75) is 0 Å². The maximum Gasteiger partial charge on any atom is 0.145 e. The summed E-state index contributed by atoms with van der Waals surface area (Å²) in [5, 5.41) is 3.29. The van der Waals surface area contributed by atoms with Gasteiger partial charge in [-0.3, -0.25) is 0 Å². The fraction of sp³-hybridized carbons (Fsp3) is 0.200. The standard InChI is InChI=1S/C15H17NO3/c1-17-11-8-9-13(15(10-11)19-3)16-12-6-4-5-7-14(12)18-2/h4-10,16H,1-3H3. The quantitative estimate of drug-likeness (QED) is 0.892. The number of hydrogen-bond donors (Lipinski definition) is 1. The lowest BCUT2D eigenvalue weighted by Gasteiger charge is -2.14. The Morgan fingerprint density at radius 1 is 0.737 bits per heavy atom. The SMILES string of the molecule is COc1ccc(Nc2ccccc2OC)c(OC)c1. The zero-order valence-electron chi connectivity index (χ0n) is 11.3. The topological polar surface area (TPSA) is 39.7 Å². The number of methoxy groups -OCH3 is 3. The Morgan fingerprint density at radius 3 is 2.11 bits per heavy atom.